The molecule has 6 nitrogen and oxygen atoms in total. The summed E-state index contributed by atoms with van der Waals surface area (Å²) in [4.78, 5) is 14.1. The van der Waals surface area contributed by atoms with Gasteiger partial charge in [0.05, 0.1) is 34.7 Å². The molecule has 0 radical (unpaired) electrons. The first-order valence-electron chi connectivity index (χ1n) is 5.70. The number of benzene rings is 2. The topological polar surface area (TPSA) is 117 Å². The first kappa shape index (κ1) is 26.5. The minimum Gasteiger partial charge on any atom is -1.00 e. The number of halogens is 2. The fraction of sp³-hybridized carbons (Fsp3) is 0. The minimum absolute atomic E-state index is 0. The number of nitrogens with one attached hydrogen (secondary N) is 2. The summed E-state index contributed by atoms with van der Waals surface area (Å²) in [7, 11) is 0. The second kappa shape index (κ2) is 13.0. The van der Waals surface area contributed by atoms with Gasteiger partial charge in [0.1, 0.15) is 0 Å². The van der Waals surface area contributed by atoms with Crippen LogP contribution >= 0.6 is 0 Å². The molecule has 0 unspecified atom stereocenters. The van der Waals surface area contributed by atoms with Crippen molar-refractivity contribution in [2.24, 2.45) is 0 Å². The smallest absolute Gasteiger partial charge is 1.00 e. The van der Waals surface area contributed by atoms with E-state index in [2.05, 4.69) is 19.9 Å². The Balaban J connectivity index is -0.000000286. The Kier molecular flexibility index (Phi) is 15.0. The van der Waals surface area contributed by atoms with Crippen molar-refractivity contribution in [1.29, 1.82) is 0 Å². The normalized spacial score (nSPS) is 8.00. The number of H-pyrrole nitrogens is 2. The number of hydrogen-bond acceptors (Lipinski definition) is 4. The molecule has 2 heterocycles. The third kappa shape index (κ3) is 6.69. The zero-order chi connectivity index (χ0) is 12.2. The van der Waals surface area contributed by atoms with Crippen LogP contribution in [0.3, 0.4) is 0 Å². The first-order chi connectivity index (χ1) is 8.93. The zero-order valence-electron chi connectivity index (χ0n) is 11.6. The first-order valence-corrected chi connectivity index (χ1v) is 5.70. The van der Waals surface area contributed by atoms with Crippen molar-refractivity contribution in [3.8, 4) is 0 Å². The fourth-order valence-corrected chi connectivity index (χ4v) is 1.76. The molecule has 4 aromatic rings. The van der Waals surface area contributed by atoms with Gasteiger partial charge >= 0.3 is 21.1 Å². The molecule has 0 saturated heterocycles. The molecule has 9 heteroatoms. The van der Waals surface area contributed by atoms with Crippen LogP contribution in [0.15, 0.2) is 61.2 Å². The molecule has 0 bridgehead atoms. The quantitative estimate of drug-likeness (QED) is 0.246. The third-order valence-electron chi connectivity index (χ3n) is 2.66. The fourth-order valence-electron chi connectivity index (χ4n) is 1.76. The van der Waals surface area contributed by atoms with E-state index in [0.717, 1.165) is 22.1 Å². The number of imidazole rings is 2. The predicted molar refractivity (Wildman–Crippen MR) is 76.1 cm³/mol. The van der Waals surface area contributed by atoms with Gasteiger partial charge in [-0.25, -0.2) is 9.97 Å². The molecule has 0 aliphatic carbocycles. The van der Waals surface area contributed by atoms with Crippen molar-refractivity contribution in [2.45, 2.75) is 0 Å². The number of aromatic amines is 2. The molecule has 4 rings (SSSR count). The predicted octanol–water partition coefficient (Wildman–Crippen LogP) is -3.22. The Labute approximate surface area is 159 Å². The number of rotatable bonds is 0. The number of fused-ring (bicyclic) bond motifs is 2. The Morgan fingerprint density at radius 2 is 0.957 bits per heavy atom. The van der Waals surface area contributed by atoms with Gasteiger partial charge in [0.25, 0.3) is 0 Å². The van der Waals surface area contributed by atoms with Crippen molar-refractivity contribution in [1.82, 2.24) is 19.9 Å². The van der Waals surface area contributed by atoms with Crippen LogP contribution < -0.4 is 24.8 Å². The average molecular weight is 536 g/mol. The summed E-state index contributed by atoms with van der Waals surface area (Å²) in [5, 5.41) is 0. The zero-order valence-corrected chi connectivity index (χ0v) is 15.4. The molecule has 2 aromatic heterocycles. The van der Waals surface area contributed by atoms with Crippen LogP contribution in [0.5, 0.6) is 0 Å². The van der Waals surface area contributed by atoms with E-state index in [9.17, 15) is 0 Å². The molecule has 0 spiro atoms. The average Bonchev–Trinajstić information content (AvgIpc) is 3.08. The summed E-state index contributed by atoms with van der Waals surface area (Å²) in [6.07, 6.45) is 3.40. The summed E-state index contributed by atoms with van der Waals surface area (Å²) in [5.41, 5.74) is 4.24. The Morgan fingerprint density at radius 1 is 0.609 bits per heavy atom. The SMILES string of the molecule is [Cl-].[Cl-].[OH-].[OH-].[Pt+4].c1ccc2[nH]cnc2c1.c1ccc2[nH]cnc2c1. The van der Waals surface area contributed by atoms with Gasteiger partial charge in [0.15, 0.2) is 0 Å². The molecule has 0 aliphatic heterocycles. The van der Waals surface area contributed by atoms with E-state index in [-0.39, 0.29) is 56.8 Å². The third-order valence-corrected chi connectivity index (χ3v) is 2.66. The van der Waals surface area contributed by atoms with Crippen LogP contribution in [0.4, 0.5) is 0 Å². The molecular formula is C14H14Cl2N4O2Pt. The standard InChI is InChI=1S/2C7H6N2.2ClH.2H2O.Pt/c2*1-2-4-7-6(3-1)8-5-9-7;;;;;/h2*1-5H,(H,8,9);2*1H;2*1H2;/q;;;;;;+4/p-4. The number of para-hydroxylation sites is 4. The van der Waals surface area contributed by atoms with Crippen molar-refractivity contribution in [2.75, 3.05) is 0 Å². The molecule has 0 saturated carbocycles. The maximum atomic E-state index is 4.06. The molecule has 0 amide bonds. The molecule has 0 atom stereocenters. The number of aromatic nitrogens is 4. The molecule has 23 heavy (non-hydrogen) atoms. The van der Waals surface area contributed by atoms with Crippen LogP contribution in [0.2, 0.25) is 0 Å². The largest absolute Gasteiger partial charge is 4.00 e. The molecule has 0 fully saturated rings. The van der Waals surface area contributed by atoms with Gasteiger partial charge in [-0.05, 0) is 24.3 Å². The van der Waals surface area contributed by atoms with E-state index >= 15 is 0 Å². The Morgan fingerprint density at radius 3 is 1.30 bits per heavy atom. The van der Waals surface area contributed by atoms with Crippen LogP contribution in [0, 0.1) is 0 Å². The van der Waals surface area contributed by atoms with E-state index in [4.69, 9.17) is 0 Å². The van der Waals surface area contributed by atoms with Crippen molar-refractivity contribution < 1.29 is 56.8 Å². The Hall–Kier alpha value is -1.43. The Bertz CT molecular complexity index is 653. The molecule has 0 aliphatic rings. The van der Waals surface area contributed by atoms with Gasteiger partial charge in [-0.2, -0.15) is 0 Å². The van der Waals surface area contributed by atoms with Gasteiger partial charge in [-0.3, -0.25) is 0 Å². The summed E-state index contributed by atoms with van der Waals surface area (Å²) in [5.74, 6) is 0. The van der Waals surface area contributed by atoms with Gasteiger partial charge in [-0.1, -0.05) is 24.3 Å². The number of nitrogens with zero attached hydrogens (tertiary/aromatic N) is 2. The van der Waals surface area contributed by atoms with E-state index < -0.39 is 0 Å². The van der Waals surface area contributed by atoms with Crippen LogP contribution in [0.25, 0.3) is 22.1 Å². The van der Waals surface area contributed by atoms with Crippen molar-refractivity contribution in [3.05, 3.63) is 61.2 Å². The van der Waals surface area contributed by atoms with Crippen LogP contribution in [-0.4, -0.2) is 30.9 Å². The molecular weight excluding hydrogens is 522 g/mol. The maximum absolute atomic E-state index is 4.06. The molecule has 126 valence electrons. The van der Waals surface area contributed by atoms with Crippen molar-refractivity contribution >= 4 is 22.1 Å². The molecule has 4 N–H and O–H groups in total. The van der Waals surface area contributed by atoms with Gasteiger partial charge in [0.2, 0.25) is 0 Å². The van der Waals surface area contributed by atoms with Crippen LogP contribution in [-0.2, 0) is 21.1 Å². The van der Waals surface area contributed by atoms with Crippen molar-refractivity contribution in [3.63, 3.8) is 0 Å². The van der Waals surface area contributed by atoms with E-state index in [1.165, 1.54) is 0 Å². The molecule has 2 aromatic carbocycles. The number of hydrogen-bond donors (Lipinski definition) is 2. The van der Waals surface area contributed by atoms with E-state index in [0.29, 0.717) is 0 Å². The van der Waals surface area contributed by atoms with Gasteiger partial charge in [-0.15, -0.1) is 0 Å². The van der Waals surface area contributed by atoms with E-state index in [1.807, 2.05) is 48.5 Å². The second-order valence-electron chi connectivity index (χ2n) is 3.84. The van der Waals surface area contributed by atoms with E-state index in [1.54, 1.807) is 12.7 Å². The minimum atomic E-state index is 0. The maximum Gasteiger partial charge on any atom is 4.00 e. The van der Waals surface area contributed by atoms with Crippen LogP contribution in [0.1, 0.15) is 0 Å². The van der Waals surface area contributed by atoms with Gasteiger partial charge < -0.3 is 45.7 Å². The second-order valence-corrected chi connectivity index (χ2v) is 3.84. The van der Waals surface area contributed by atoms with Gasteiger partial charge in [0, 0.05) is 0 Å². The summed E-state index contributed by atoms with van der Waals surface area (Å²) >= 11 is 0. The summed E-state index contributed by atoms with van der Waals surface area (Å²) < 4.78 is 0. The monoisotopic (exact) mass is 535 g/mol. The summed E-state index contributed by atoms with van der Waals surface area (Å²) in [6.45, 7) is 0. The summed E-state index contributed by atoms with van der Waals surface area (Å²) in [6, 6.07) is 15.9.